The lowest BCUT2D eigenvalue weighted by Gasteiger charge is -2.04. The maximum atomic E-state index is 11.9. The van der Waals surface area contributed by atoms with Crippen LogP contribution in [0.3, 0.4) is 0 Å². The summed E-state index contributed by atoms with van der Waals surface area (Å²) in [6.45, 7) is 0. The highest BCUT2D eigenvalue weighted by atomic mass is 32.2. The molecule has 0 bridgehead atoms. The molecule has 0 radical (unpaired) electrons. The molecule has 2 aromatic rings. The van der Waals surface area contributed by atoms with E-state index in [2.05, 4.69) is 4.98 Å². The Balaban J connectivity index is 1.97. The first-order chi connectivity index (χ1) is 8.79. The van der Waals surface area contributed by atoms with E-state index in [4.69, 9.17) is 4.74 Å². The minimum Gasteiger partial charge on any atom is -0.497 e. The number of Topliss-reactive ketones (excluding diaryl/α,β-unsaturated/α-hetero) is 1. The smallest absolute Gasteiger partial charge is 0.173 e. The van der Waals surface area contributed by atoms with Crippen molar-refractivity contribution in [3.8, 4) is 5.75 Å². The molecule has 1 aromatic carbocycles. The van der Waals surface area contributed by atoms with Crippen LogP contribution in [0.4, 0.5) is 0 Å². The molecule has 0 amide bonds. The molecule has 0 unspecified atom stereocenters. The quantitative estimate of drug-likeness (QED) is 0.611. The number of ketones is 1. The summed E-state index contributed by atoms with van der Waals surface area (Å²) in [4.78, 5) is 16.8. The summed E-state index contributed by atoms with van der Waals surface area (Å²) >= 11 is 1.50. The largest absolute Gasteiger partial charge is 0.497 e. The highest BCUT2D eigenvalue weighted by Crippen LogP contribution is 2.23. The summed E-state index contributed by atoms with van der Waals surface area (Å²) in [6.07, 6.45) is 3.26. The van der Waals surface area contributed by atoms with Crippen LogP contribution in [0.1, 0.15) is 10.4 Å². The molecule has 92 valence electrons. The predicted octanol–water partition coefficient (Wildman–Crippen LogP) is 3.07. The number of carbonyl (C=O) groups excluding carboxylic acids is 1. The van der Waals surface area contributed by atoms with Crippen molar-refractivity contribution in [3.05, 3.63) is 54.4 Å². The number of nitrogens with zero attached hydrogens (tertiary/aromatic N) is 1. The van der Waals surface area contributed by atoms with Gasteiger partial charge in [-0.1, -0.05) is 6.07 Å². The summed E-state index contributed by atoms with van der Waals surface area (Å²) in [7, 11) is 1.63. The molecule has 18 heavy (non-hydrogen) atoms. The zero-order valence-electron chi connectivity index (χ0n) is 10.00. The van der Waals surface area contributed by atoms with Crippen molar-refractivity contribution in [2.45, 2.75) is 4.90 Å². The number of benzene rings is 1. The van der Waals surface area contributed by atoms with Crippen molar-refractivity contribution in [2.24, 2.45) is 0 Å². The van der Waals surface area contributed by atoms with Gasteiger partial charge in [0.15, 0.2) is 5.78 Å². The fourth-order valence-electron chi connectivity index (χ4n) is 1.46. The van der Waals surface area contributed by atoms with Crippen molar-refractivity contribution in [3.63, 3.8) is 0 Å². The number of methoxy groups -OCH3 is 1. The zero-order valence-corrected chi connectivity index (χ0v) is 10.8. The van der Waals surface area contributed by atoms with Crippen molar-refractivity contribution in [2.75, 3.05) is 12.9 Å². The van der Waals surface area contributed by atoms with Crippen molar-refractivity contribution in [1.82, 2.24) is 4.98 Å². The van der Waals surface area contributed by atoms with Crippen molar-refractivity contribution < 1.29 is 9.53 Å². The lowest BCUT2D eigenvalue weighted by Crippen LogP contribution is -2.02. The van der Waals surface area contributed by atoms with Gasteiger partial charge >= 0.3 is 0 Å². The maximum absolute atomic E-state index is 11.9. The summed E-state index contributed by atoms with van der Waals surface area (Å²) in [5.74, 6) is 1.32. The number of carbonyl (C=O) groups is 1. The first kappa shape index (κ1) is 12.6. The summed E-state index contributed by atoms with van der Waals surface area (Å²) in [6, 6.07) is 11.1. The monoisotopic (exact) mass is 259 g/mol. The van der Waals surface area contributed by atoms with Crippen molar-refractivity contribution >= 4 is 17.5 Å². The number of ether oxygens (including phenoxy) is 1. The van der Waals surface area contributed by atoms with Crippen LogP contribution in [-0.2, 0) is 0 Å². The van der Waals surface area contributed by atoms with Gasteiger partial charge in [-0.15, -0.1) is 11.8 Å². The van der Waals surface area contributed by atoms with E-state index in [1.165, 1.54) is 11.8 Å². The van der Waals surface area contributed by atoms with E-state index in [9.17, 15) is 4.79 Å². The van der Waals surface area contributed by atoms with Crippen LogP contribution in [0.2, 0.25) is 0 Å². The van der Waals surface area contributed by atoms with Crippen LogP contribution in [0, 0.1) is 0 Å². The molecule has 3 nitrogen and oxygen atoms in total. The third-order valence-electron chi connectivity index (χ3n) is 2.41. The number of pyridine rings is 1. The van der Waals surface area contributed by atoms with Crippen LogP contribution < -0.4 is 4.74 Å². The lowest BCUT2D eigenvalue weighted by molar-refractivity contribution is 0.102. The van der Waals surface area contributed by atoms with E-state index in [0.717, 1.165) is 10.6 Å². The molecule has 0 fully saturated rings. The van der Waals surface area contributed by atoms with Gasteiger partial charge in [0, 0.05) is 22.9 Å². The van der Waals surface area contributed by atoms with Crippen LogP contribution in [0.5, 0.6) is 5.75 Å². The molecule has 0 saturated carbocycles. The van der Waals surface area contributed by atoms with E-state index < -0.39 is 0 Å². The van der Waals surface area contributed by atoms with E-state index in [1.807, 2.05) is 24.3 Å². The highest BCUT2D eigenvalue weighted by molar-refractivity contribution is 8.00. The van der Waals surface area contributed by atoms with Crippen LogP contribution in [-0.4, -0.2) is 23.6 Å². The lowest BCUT2D eigenvalue weighted by atomic mass is 10.2. The molecule has 2 rings (SSSR count). The molecule has 0 atom stereocenters. The van der Waals surface area contributed by atoms with Gasteiger partial charge in [-0.25, -0.2) is 0 Å². The first-order valence-corrected chi connectivity index (χ1v) is 6.48. The second-order valence-corrected chi connectivity index (χ2v) is 4.68. The Hall–Kier alpha value is -1.81. The molecule has 1 heterocycles. The molecule has 0 spiro atoms. The molecule has 4 heteroatoms. The Kier molecular flexibility index (Phi) is 4.36. The Morgan fingerprint density at radius 1 is 1.28 bits per heavy atom. The molecule has 1 aromatic heterocycles. The second kappa shape index (κ2) is 6.21. The van der Waals surface area contributed by atoms with Gasteiger partial charge in [0.1, 0.15) is 5.75 Å². The number of hydrogen-bond acceptors (Lipinski definition) is 4. The first-order valence-electron chi connectivity index (χ1n) is 5.49. The Morgan fingerprint density at radius 2 is 2.06 bits per heavy atom. The van der Waals surface area contributed by atoms with E-state index >= 15 is 0 Å². The van der Waals surface area contributed by atoms with Gasteiger partial charge in [0.25, 0.3) is 0 Å². The third kappa shape index (κ3) is 3.34. The van der Waals surface area contributed by atoms with Crippen molar-refractivity contribution in [1.29, 1.82) is 0 Å². The van der Waals surface area contributed by atoms with Gasteiger partial charge < -0.3 is 4.74 Å². The zero-order chi connectivity index (χ0) is 12.8. The van der Waals surface area contributed by atoms with E-state index in [1.54, 1.807) is 31.6 Å². The second-order valence-electron chi connectivity index (χ2n) is 3.63. The molecule has 0 aliphatic rings. The normalized spacial score (nSPS) is 10.1. The molecule has 0 N–H and O–H groups in total. The molecule has 0 aliphatic carbocycles. The van der Waals surface area contributed by atoms with E-state index in [-0.39, 0.29) is 5.78 Å². The summed E-state index contributed by atoms with van der Waals surface area (Å²) in [5, 5.41) is 0. The number of aromatic nitrogens is 1. The predicted molar refractivity (Wildman–Crippen MR) is 72.3 cm³/mol. The number of hydrogen-bond donors (Lipinski definition) is 0. The van der Waals surface area contributed by atoms with Gasteiger partial charge in [-0.3, -0.25) is 9.78 Å². The maximum Gasteiger partial charge on any atom is 0.173 e. The summed E-state index contributed by atoms with van der Waals surface area (Å²) < 4.78 is 5.14. The minimum absolute atomic E-state index is 0.102. The van der Waals surface area contributed by atoms with Crippen LogP contribution >= 0.6 is 11.8 Å². The fraction of sp³-hybridized carbons (Fsp3) is 0.143. The van der Waals surface area contributed by atoms with Gasteiger partial charge in [-0.05, 0) is 30.3 Å². The van der Waals surface area contributed by atoms with Gasteiger partial charge in [0.05, 0.1) is 12.9 Å². The number of rotatable bonds is 5. The third-order valence-corrected chi connectivity index (χ3v) is 3.41. The Bertz CT molecular complexity index is 528. The molecule has 0 aliphatic heterocycles. The molecular weight excluding hydrogens is 246 g/mol. The topological polar surface area (TPSA) is 39.2 Å². The van der Waals surface area contributed by atoms with Crippen LogP contribution in [0.15, 0.2) is 53.7 Å². The Labute approximate surface area is 110 Å². The molecular formula is C14H13NO2S. The molecule has 0 saturated heterocycles. The van der Waals surface area contributed by atoms with Gasteiger partial charge in [0.2, 0.25) is 0 Å². The number of thioether (sulfide) groups is 1. The average Bonchev–Trinajstić information content (AvgIpc) is 2.46. The van der Waals surface area contributed by atoms with Crippen LogP contribution in [0.25, 0.3) is 0 Å². The van der Waals surface area contributed by atoms with E-state index in [0.29, 0.717) is 11.3 Å². The summed E-state index contributed by atoms with van der Waals surface area (Å²) in [5.41, 5.74) is 0.695. The SMILES string of the molecule is COc1cccc(SCC(=O)c2ccncc2)c1. The van der Waals surface area contributed by atoms with Gasteiger partial charge in [-0.2, -0.15) is 0 Å². The minimum atomic E-state index is 0.102. The average molecular weight is 259 g/mol. The Morgan fingerprint density at radius 3 is 2.78 bits per heavy atom. The fourth-order valence-corrected chi connectivity index (χ4v) is 2.30. The highest BCUT2D eigenvalue weighted by Gasteiger charge is 2.06. The standard InChI is InChI=1S/C14H13NO2S/c1-17-12-3-2-4-13(9-12)18-10-14(16)11-5-7-15-8-6-11/h2-9H,10H2,1H3.